The Morgan fingerprint density at radius 3 is 2.71 bits per heavy atom. The van der Waals surface area contributed by atoms with Crippen molar-refractivity contribution in [2.24, 2.45) is 0 Å². The fourth-order valence-corrected chi connectivity index (χ4v) is 3.31. The molecule has 0 spiro atoms. The number of benzene rings is 1. The number of rotatable bonds is 7. The van der Waals surface area contributed by atoms with Crippen molar-refractivity contribution in [1.29, 1.82) is 0 Å². The fourth-order valence-electron chi connectivity index (χ4n) is 2.42. The van der Waals surface area contributed by atoms with Gasteiger partial charge in [-0.25, -0.2) is 0 Å². The molecule has 7 heteroatoms. The van der Waals surface area contributed by atoms with Crippen LogP contribution in [0.15, 0.2) is 24.3 Å². The fraction of sp³-hybridized carbons (Fsp3) is 0.412. The normalized spacial score (nSPS) is 11.1. The largest absolute Gasteiger partial charge is 0.352 e. The number of amides is 1. The number of carbonyl (C=O) groups is 1. The maximum Gasteiger partial charge on any atom is 0.234 e. The second-order valence-corrected chi connectivity index (χ2v) is 6.74. The van der Waals surface area contributed by atoms with E-state index in [0.717, 1.165) is 46.2 Å². The number of hydrogen-bond donors (Lipinski definition) is 1. The number of nitrogens with one attached hydrogen (secondary N) is 1. The summed E-state index contributed by atoms with van der Waals surface area (Å²) in [6.07, 6.45) is 3.81. The molecule has 0 saturated heterocycles. The van der Waals surface area contributed by atoms with E-state index in [1.165, 1.54) is 11.3 Å². The van der Waals surface area contributed by atoms with Gasteiger partial charge in [0.15, 0.2) is 5.82 Å². The standard InChI is InChI=1S/C17H21N5OS/c1-3-4-5-6-15(23)18-11-13-7-9-14(10-8-13)16-21-22-12(2)19-20-17(22)24-16/h7-10H,3-6,11H2,1-2H3,(H,18,23). The molecular formula is C17H21N5OS. The van der Waals surface area contributed by atoms with E-state index >= 15 is 0 Å². The number of carbonyl (C=O) groups excluding carboxylic acids is 1. The molecule has 2 aromatic heterocycles. The van der Waals surface area contributed by atoms with Gasteiger partial charge in [-0.15, -0.1) is 10.2 Å². The summed E-state index contributed by atoms with van der Waals surface area (Å²) in [7, 11) is 0. The summed E-state index contributed by atoms with van der Waals surface area (Å²) < 4.78 is 1.75. The Balaban J connectivity index is 1.59. The minimum absolute atomic E-state index is 0.122. The highest BCUT2D eigenvalue weighted by atomic mass is 32.1. The lowest BCUT2D eigenvalue weighted by atomic mass is 10.1. The third-order valence-corrected chi connectivity index (χ3v) is 4.79. The molecule has 0 saturated carbocycles. The van der Waals surface area contributed by atoms with Crippen LogP contribution in [0.2, 0.25) is 0 Å². The highest BCUT2D eigenvalue weighted by Gasteiger charge is 2.10. The van der Waals surface area contributed by atoms with Crippen LogP contribution in [-0.4, -0.2) is 25.7 Å². The van der Waals surface area contributed by atoms with Crippen LogP contribution < -0.4 is 5.32 Å². The van der Waals surface area contributed by atoms with Crippen molar-refractivity contribution in [2.45, 2.75) is 46.1 Å². The van der Waals surface area contributed by atoms with Crippen molar-refractivity contribution in [3.8, 4) is 10.6 Å². The van der Waals surface area contributed by atoms with Crippen LogP contribution in [0, 0.1) is 6.92 Å². The molecule has 0 aliphatic carbocycles. The Morgan fingerprint density at radius 2 is 2.00 bits per heavy atom. The lowest BCUT2D eigenvalue weighted by Crippen LogP contribution is -2.22. The van der Waals surface area contributed by atoms with Crippen LogP contribution in [0.1, 0.15) is 44.0 Å². The van der Waals surface area contributed by atoms with Gasteiger partial charge in [0.1, 0.15) is 5.01 Å². The number of fused-ring (bicyclic) bond motifs is 1. The van der Waals surface area contributed by atoms with Gasteiger partial charge in [0.25, 0.3) is 0 Å². The van der Waals surface area contributed by atoms with Gasteiger partial charge >= 0.3 is 0 Å². The average Bonchev–Trinajstić information content (AvgIpc) is 3.16. The molecule has 1 amide bonds. The van der Waals surface area contributed by atoms with Crippen LogP contribution in [-0.2, 0) is 11.3 Å². The van der Waals surface area contributed by atoms with Gasteiger partial charge in [-0.2, -0.15) is 9.61 Å². The summed E-state index contributed by atoms with van der Waals surface area (Å²) in [5.74, 6) is 0.909. The Bertz CT molecular complexity index is 821. The second-order valence-electron chi connectivity index (χ2n) is 5.78. The second kappa shape index (κ2) is 7.53. The van der Waals surface area contributed by atoms with Gasteiger partial charge in [-0.3, -0.25) is 4.79 Å². The van der Waals surface area contributed by atoms with E-state index in [2.05, 4.69) is 27.5 Å². The van der Waals surface area contributed by atoms with Gasteiger partial charge in [-0.1, -0.05) is 55.4 Å². The van der Waals surface area contributed by atoms with E-state index in [1.54, 1.807) is 4.52 Å². The van der Waals surface area contributed by atoms with Gasteiger partial charge in [0.05, 0.1) is 0 Å². The Hall–Kier alpha value is -2.28. The number of nitrogens with zero attached hydrogens (tertiary/aromatic N) is 4. The average molecular weight is 343 g/mol. The van der Waals surface area contributed by atoms with Crippen molar-refractivity contribution < 1.29 is 4.79 Å². The molecule has 24 heavy (non-hydrogen) atoms. The molecule has 0 aliphatic heterocycles. The quantitative estimate of drug-likeness (QED) is 0.668. The summed E-state index contributed by atoms with van der Waals surface area (Å²) in [6.45, 7) is 4.59. The first-order valence-corrected chi connectivity index (χ1v) is 9.04. The molecular weight excluding hydrogens is 322 g/mol. The highest BCUT2D eigenvalue weighted by Crippen LogP contribution is 2.25. The number of aromatic nitrogens is 4. The first kappa shape index (κ1) is 16.6. The highest BCUT2D eigenvalue weighted by molar-refractivity contribution is 7.19. The van der Waals surface area contributed by atoms with Gasteiger partial charge in [-0.05, 0) is 18.9 Å². The maximum absolute atomic E-state index is 11.7. The van der Waals surface area contributed by atoms with Crippen LogP contribution in [0.3, 0.4) is 0 Å². The summed E-state index contributed by atoms with van der Waals surface area (Å²) in [6, 6.07) is 8.10. The molecule has 126 valence electrons. The van der Waals surface area contributed by atoms with Crippen LogP contribution in [0.25, 0.3) is 15.5 Å². The summed E-state index contributed by atoms with van der Waals surface area (Å²) in [5, 5.41) is 16.5. The van der Waals surface area contributed by atoms with Crippen LogP contribution in [0.4, 0.5) is 0 Å². The number of unbranched alkanes of at least 4 members (excludes halogenated alkanes) is 2. The minimum atomic E-state index is 0.122. The van der Waals surface area contributed by atoms with Gasteiger partial charge in [0, 0.05) is 18.5 Å². The zero-order valence-electron chi connectivity index (χ0n) is 14.0. The topological polar surface area (TPSA) is 72.2 Å². The molecule has 1 N–H and O–H groups in total. The number of hydrogen-bond acceptors (Lipinski definition) is 5. The molecule has 0 unspecified atom stereocenters. The minimum Gasteiger partial charge on any atom is -0.352 e. The van der Waals surface area contributed by atoms with E-state index < -0.39 is 0 Å². The van der Waals surface area contributed by atoms with Crippen molar-refractivity contribution in [2.75, 3.05) is 0 Å². The molecule has 0 radical (unpaired) electrons. The zero-order chi connectivity index (χ0) is 16.9. The molecule has 2 heterocycles. The number of aryl methyl sites for hydroxylation is 1. The van der Waals surface area contributed by atoms with E-state index in [4.69, 9.17) is 0 Å². The lowest BCUT2D eigenvalue weighted by molar-refractivity contribution is -0.121. The lowest BCUT2D eigenvalue weighted by Gasteiger charge is -2.05. The third-order valence-electron chi connectivity index (χ3n) is 3.84. The van der Waals surface area contributed by atoms with Crippen molar-refractivity contribution >= 4 is 22.2 Å². The first-order chi connectivity index (χ1) is 11.7. The molecule has 6 nitrogen and oxygen atoms in total. The molecule has 0 aliphatic rings. The molecule has 3 rings (SSSR count). The molecule has 3 aromatic rings. The van der Waals surface area contributed by atoms with E-state index in [9.17, 15) is 4.79 Å². The smallest absolute Gasteiger partial charge is 0.234 e. The molecule has 1 aromatic carbocycles. The van der Waals surface area contributed by atoms with Crippen LogP contribution in [0.5, 0.6) is 0 Å². The molecule has 0 atom stereocenters. The molecule has 0 bridgehead atoms. The van der Waals surface area contributed by atoms with Crippen molar-refractivity contribution in [3.63, 3.8) is 0 Å². The zero-order valence-corrected chi connectivity index (χ0v) is 14.8. The van der Waals surface area contributed by atoms with E-state index in [-0.39, 0.29) is 5.91 Å². The maximum atomic E-state index is 11.7. The van der Waals surface area contributed by atoms with Crippen molar-refractivity contribution in [3.05, 3.63) is 35.7 Å². The predicted octanol–water partition coefficient (Wildman–Crippen LogP) is 3.36. The third kappa shape index (κ3) is 3.79. The summed E-state index contributed by atoms with van der Waals surface area (Å²) >= 11 is 1.52. The summed E-state index contributed by atoms with van der Waals surface area (Å²) in [4.78, 5) is 12.5. The monoisotopic (exact) mass is 343 g/mol. The van der Waals surface area contributed by atoms with E-state index in [0.29, 0.717) is 13.0 Å². The Labute approximate surface area is 144 Å². The van der Waals surface area contributed by atoms with Gasteiger partial charge < -0.3 is 5.32 Å². The predicted molar refractivity (Wildman–Crippen MR) is 94.8 cm³/mol. The first-order valence-electron chi connectivity index (χ1n) is 8.22. The molecule has 0 fully saturated rings. The summed E-state index contributed by atoms with van der Waals surface area (Å²) in [5.41, 5.74) is 2.13. The Morgan fingerprint density at radius 1 is 1.21 bits per heavy atom. The van der Waals surface area contributed by atoms with Crippen LogP contribution >= 0.6 is 11.3 Å². The Kier molecular flexibility index (Phi) is 5.20. The van der Waals surface area contributed by atoms with Crippen molar-refractivity contribution in [1.82, 2.24) is 25.1 Å². The SMILES string of the molecule is CCCCCC(=O)NCc1ccc(-c2nn3c(C)nnc3s2)cc1. The van der Waals surface area contributed by atoms with E-state index in [1.807, 2.05) is 31.2 Å². The van der Waals surface area contributed by atoms with Gasteiger partial charge in [0.2, 0.25) is 10.9 Å².